The molecule has 1 aromatic carbocycles. The van der Waals surface area contributed by atoms with Crippen molar-refractivity contribution in [2.75, 3.05) is 33.3 Å². The van der Waals surface area contributed by atoms with Gasteiger partial charge in [0.1, 0.15) is 5.75 Å². The first kappa shape index (κ1) is 21.4. The number of carbonyl (C=O) groups is 2. The van der Waals surface area contributed by atoms with Crippen LogP contribution in [0.25, 0.3) is 0 Å². The summed E-state index contributed by atoms with van der Waals surface area (Å²) in [7, 11) is 1.66. The minimum absolute atomic E-state index is 0.0205. The lowest BCUT2D eigenvalue weighted by atomic mass is 10.0. The van der Waals surface area contributed by atoms with Gasteiger partial charge in [-0.3, -0.25) is 14.5 Å². The van der Waals surface area contributed by atoms with Gasteiger partial charge in [0.2, 0.25) is 5.91 Å². The van der Waals surface area contributed by atoms with Crippen LogP contribution in [0.3, 0.4) is 0 Å². The van der Waals surface area contributed by atoms with Gasteiger partial charge in [0, 0.05) is 12.1 Å². The van der Waals surface area contributed by atoms with Crippen molar-refractivity contribution in [2.24, 2.45) is 0 Å². The van der Waals surface area contributed by atoms with E-state index in [2.05, 4.69) is 31.5 Å². The normalized spacial score (nSPS) is 15.5. The lowest BCUT2D eigenvalue weighted by Gasteiger charge is -2.35. The molecule has 0 bridgehead atoms. The van der Waals surface area contributed by atoms with Gasteiger partial charge in [0.15, 0.2) is 10.4 Å². The number of para-hydroxylation sites is 1. The van der Waals surface area contributed by atoms with Crippen LogP contribution in [0.4, 0.5) is 0 Å². The van der Waals surface area contributed by atoms with Crippen molar-refractivity contribution in [3.05, 3.63) is 52.4 Å². The van der Waals surface area contributed by atoms with Gasteiger partial charge in [-0.25, -0.2) is 0 Å². The second-order valence-corrected chi connectivity index (χ2v) is 7.73. The maximum atomic E-state index is 12.3. The van der Waals surface area contributed by atoms with Crippen LogP contribution in [-0.2, 0) is 4.79 Å². The van der Waals surface area contributed by atoms with E-state index in [9.17, 15) is 9.59 Å². The molecule has 7 nitrogen and oxygen atoms in total. The van der Waals surface area contributed by atoms with Crippen LogP contribution in [0.5, 0.6) is 5.75 Å². The summed E-state index contributed by atoms with van der Waals surface area (Å²) in [6.45, 7) is 2.31. The first-order valence-electron chi connectivity index (χ1n) is 9.75. The highest BCUT2D eigenvalue weighted by Crippen LogP contribution is 2.30. The molecule has 8 heteroatoms. The highest BCUT2D eigenvalue weighted by Gasteiger charge is 2.25. The first-order chi connectivity index (χ1) is 14.1. The number of benzene rings is 1. The number of rotatable bonds is 8. The molecule has 0 radical (unpaired) electrons. The summed E-state index contributed by atoms with van der Waals surface area (Å²) in [6.07, 6.45) is 3.53. The monoisotopic (exact) mass is 463 g/mol. The summed E-state index contributed by atoms with van der Waals surface area (Å²) in [6, 6.07) is 11.1. The minimum Gasteiger partial charge on any atom is -0.496 e. The molecule has 3 rings (SSSR count). The van der Waals surface area contributed by atoms with Gasteiger partial charge in [-0.1, -0.05) is 24.6 Å². The number of likely N-dealkylation sites (tertiary alicyclic amines) is 1. The Balaban J connectivity index is 1.60. The Bertz CT molecular complexity index is 833. The second kappa shape index (κ2) is 10.5. The van der Waals surface area contributed by atoms with Crippen LogP contribution in [0.2, 0.25) is 0 Å². The molecule has 0 spiro atoms. The Hall–Kier alpha value is -2.32. The van der Waals surface area contributed by atoms with Crippen LogP contribution in [0, 0.1) is 0 Å². The average Bonchev–Trinajstić information content (AvgIpc) is 3.19. The zero-order valence-electron chi connectivity index (χ0n) is 16.4. The van der Waals surface area contributed by atoms with Crippen molar-refractivity contribution in [2.45, 2.75) is 25.3 Å². The summed E-state index contributed by atoms with van der Waals surface area (Å²) in [5.41, 5.74) is 1.06. The van der Waals surface area contributed by atoms with Gasteiger partial charge in [-0.15, -0.1) is 0 Å². The minimum atomic E-state index is -0.428. The molecular formula is C21H26BrN3O4. The SMILES string of the molecule is COc1ccccc1C(CNC(=O)CNC(=O)c1ccc(Br)o1)N1CCCCC1. The Morgan fingerprint density at radius 1 is 1.14 bits per heavy atom. The number of hydrogen-bond acceptors (Lipinski definition) is 5. The smallest absolute Gasteiger partial charge is 0.287 e. The topological polar surface area (TPSA) is 83.8 Å². The highest BCUT2D eigenvalue weighted by atomic mass is 79.9. The van der Waals surface area contributed by atoms with E-state index in [1.165, 1.54) is 6.42 Å². The molecule has 2 N–H and O–H groups in total. The van der Waals surface area contributed by atoms with E-state index in [0.717, 1.165) is 37.2 Å². The van der Waals surface area contributed by atoms with Gasteiger partial charge in [-0.2, -0.15) is 0 Å². The Morgan fingerprint density at radius 2 is 1.90 bits per heavy atom. The van der Waals surface area contributed by atoms with Crippen molar-refractivity contribution in [1.29, 1.82) is 0 Å². The van der Waals surface area contributed by atoms with Crippen LogP contribution < -0.4 is 15.4 Å². The predicted molar refractivity (Wildman–Crippen MR) is 113 cm³/mol. The fourth-order valence-electron chi connectivity index (χ4n) is 3.56. The predicted octanol–water partition coefficient (Wildman–Crippen LogP) is 3.12. The molecule has 2 aromatic rings. The Morgan fingerprint density at radius 3 is 2.59 bits per heavy atom. The summed E-state index contributed by atoms with van der Waals surface area (Å²) in [5, 5.41) is 5.52. The number of methoxy groups -OCH3 is 1. The number of amides is 2. The Labute approximate surface area is 178 Å². The molecular weight excluding hydrogens is 438 g/mol. The molecule has 1 aliphatic heterocycles. The molecule has 1 aromatic heterocycles. The third-order valence-electron chi connectivity index (χ3n) is 5.03. The van der Waals surface area contributed by atoms with Crippen molar-refractivity contribution < 1.29 is 18.7 Å². The van der Waals surface area contributed by atoms with Crippen molar-refractivity contribution in [1.82, 2.24) is 15.5 Å². The molecule has 2 amide bonds. The van der Waals surface area contributed by atoms with Crippen molar-refractivity contribution in [3.63, 3.8) is 0 Å². The standard InChI is InChI=1S/C21H26BrN3O4/c1-28-17-8-4-3-7-15(17)16(25-11-5-2-6-12-25)13-23-20(26)14-24-21(27)18-9-10-19(22)29-18/h3-4,7-10,16H,2,5-6,11-14H2,1H3,(H,23,26)(H,24,27). The summed E-state index contributed by atoms with van der Waals surface area (Å²) >= 11 is 3.15. The number of furan rings is 1. The number of ether oxygens (including phenoxy) is 1. The van der Waals surface area contributed by atoms with Gasteiger partial charge >= 0.3 is 0 Å². The van der Waals surface area contributed by atoms with Crippen molar-refractivity contribution >= 4 is 27.7 Å². The molecule has 1 fully saturated rings. The molecule has 1 unspecified atom stereocenters. The molecule has 156 valence electrons. The molecule has 0 aliphatic carbocycles. The number of halogens is 1. The fourth-order valence-corrected chi connectivity index (χ4v) is 3.87. The first-order valence-corrected chi connectivity index (χ1v) is 10.5. The Kier molecular flexibility index (Phi) is 7.71. The highest BCUT2D eigenvalue weighted by molar-refractivity contribution is 9.10. The molecule has 1 atom stereocenters. The van der Waals surface area contributed by atoms with Gasteiger partial charge in [0.05, 0.1) is 19.7 Å². The van der Waals surface area contributed by atoms with E-state index in [-0.39, 0.29) is 24.3 Å². The summed E-state index contributed by atoms with van der Waals surface area (Å²) in [4.78, 5) is 26.8. The maximum Gasteiger partial charge on any atom is 0.287 e. The summed E-state index contributed by atoms with van der Waals surface area (Å²) in [5.74, 6) is 0.294. The van der Waals surface area contributed by atoms with E-state index >= 15 is 0 Å². The zero-order chi connectivity index (χ0) is 20.6. The third kappa shape index (κ3) is 5.83. The van der Waals surface area contributed by atoms with Crippen LogP contribution >= 0.6 is 15.9 Å². The molecule has 1 aliphatic rings. The average molecular weight is 464 g/mol. The molecule has 0 saturated carbocycles. The third-order valence-corrected chi connectivity index (χ3v) is 5.45. The number of carbonyl (C=O) groups excluding carboxylic acids is 2. The van der Waals surface area contributed by atoms with Gasteiger partial charge < -0.3 is 19.8 Å². The van der Waals surface area contributed by atoms with Crippen LogP contribution in [0.15, 0.2) is 45.5 Å². The van der Waals surface area contributed by atoms with E-state index in [0.29, 0.717) is 11.2 Å². The van der Waals surface area contributed by atoms with Crippen LogP contribution in [0.1, 0.15) is 41.4 Å². The number of piperidine rings is 1. The van der Waals surface area contributed by atoms with Crippen molar-refractivity contribution in [3.8, 4) is 5.75 Å². The largest absolute Gasteiger partial charge is 0.496 e. The second-order valence-electron chi connectivity index (χ2n) is 6.94. The molecule has 2 heterocycles. The lowest BCUT2D eigenvalue weighted by molar-refractivity contribution is -0.120. The summed E-state index contributed by atoms with van der Waals surface area (Å²) < 4.78 is 11.2. The van der Waals surface area contributed by atoms with Gasteiger partial charge in [-0.05, 0) is 60.1 Å². The molecule has 1 saturated heterocycles. The number of nitrogens with zero attached hydrogens (tertiary/aromatic N) is 1. The maximum absolute atomic E-state index is 12.3. The van der Waals surface area contributed by atoms with E-state index in [4.69, 9.17) is 9.15 Å². The van der Waals surface area contributed by atoms with E-state index in [1.807, 2.05) is 24.3 Å². The number of hydrogen-bond donors (Lipinski definition) is 2. The lowest BCUT2D eigenvalue weighted by Crippen LogP contribution is -2.43. The van der Waals surface area contributed by atoms with Crippen LogP contribution in [-0.4, -0.2) is 50.0 Å². The molecule has 29 heavy (non-hydrogen) atoms. The zero-order valence-corrected chi connectivity index (χ0v) is 18.0. The fraction of sp³-hybridized carbons (Fsp3) is 0.429. The van der Waals surface area contributed by atoms with E-state index in [1.54, 1.807) is 19.2 Å². The van der Waals surface area contributed by atoms with Gasteiger partial charge in [0.25, 0.3) is 5.91 Å². The quantitative estimate of drug-likeness (QED) is 0.628. The van der Waals surface area contributed by atoms with E-state index < -0.39 is 5.91 Å². The number of nitrogens with one attached hydrogen (secondary N) is 2.